The fourth-order valence-electron chi connectivity index (χ4n) is 2.94. The highest BCUT2D eigenvalue weighted by molar-refractivity contribution is 14.0. The van der Waals surface area contributed by atoms with Gasteiger partial charge in [0.1, 0.15) is 0 Å². The van der Waals surface area contributed by atoms with E-state index in [9.17, 15) is 4.79 Å². The molecule has 2 rings (SSSR count). The fourth-order valence-corrected chi connectivity index (χ4v) is 2.94. The standard InChI is InChI=1S/C20H33N5O.HI/c1-5-21-19(23-20(2,3)4)22-12-11-18(26)25-15-13-24(14-16-25)17-9-7-6-8-10-17;/h6-10H,5,11-16H2,1-4H3,(H2,21,22,23);1H. The highest BCUT2D eigenvalue weighted by Gasteiger charge is 2.21. The van der Waals surface area contributed by atoms with E-state index in [4.69, 9.17) is 0 Å². The minimum Gasteiger partial charge on any atom is -0.368 e. The number of hydrogen-bond donors (Lipinski definition) is 2. The van der Waals surface area contributed by atoms with Crippen LogP contribution in [0.15, 0.2) is 35.3 Å². The molecule has 0 aliphatic carbocycles. The maximum Gasteiger partial charge on any atom is 0.224 e. The number of hydrogen-bond acceptors (Lipinski definition) is 3. The Bertz CT molecular complexity index is 592. The Morgan fingerprint density at radius 3 is 2.30 bits per heavy atom. The SMILES string of the molecule is CCNC(=NCCC(=O)N1CCN(c2ccccc2)CC1)NC(C)(C)C.I. The first-order chi connectivity index (χ1) is 12.4. The van der Waals surface area contributed by atoms with Crippen LogP contribution in [0, 0.1) is 0 Å². The lowest BCUT2D eigenvalue weighted by atomic mass is 10.1. The molecule has 1 aromatic rings. The zero-order valence-electron chi connectivity index (χ0n) is 17.0. The number of piperazine rings is 1. The Morgan fingerprint density at radius 2 is 1.74 bits per heavy atom. The van der Waals surface area contributed by atoms with Crippen molar-refractivity contribution in [3.63, 3.8) is 0 Å². The second-order valence-corrected chi connectivity index (χ2v) is 7.59. The van der Waals surface area contributed by atoms with Crippen molar-refractivity contribution in [3.05, 3.63) is 30.3 Å². The van der Waals surface area contributed by atoms with Crippen LogP contribution in [0.2, 0.25) is 0 Å². The molecule has 1 amide bonds. The highest BCUT2D eigenvalue weighted by atomic mass is 127. The van der Waals surface area contributed by atoms with Crippen molar-refractivity contribution in [3.8, 4) is 0 Å². The summed E-state index contributed by atoms with van der Waals surface area (Å²) in [7, 11) is 0. The molecule has 1 saturated heterocycles. The molecule has 0 unspecified atom stereocenters. The molecule has 152 valence electrons. The van der Waals surface area contributed by atoms with Gasteiger partial charge in [0.2, 0.25) is 5.91 Å². The van der Waals surface area contributed by atoms with Gasteiger partial charge in [0.05, 0.1) is 6.54 Å². The summed E-state index contributed by atoms with van der Waals surface area (Å²) in [6.45, 7) is 12.9. The predicted molar refractivity (Wildman–Crippen MR) is 124 cm³/mol. The number of nitrogens with zero attached hydrogens (tertiary/aromatic N) is 3. The molecule has 7 heteroatoms. The topological polar surface area (TPSA) is 60.0 Å². The van der Waals surface area contributed by atoms with Crippen LogP contribution in [0.5, 0.6) is 0 Å². The molecule has 0 atom stereocenters. The highest BCUT2D eigenvalue weighted by Crippen LogP contribution is 2.15. The molecule has 0 radical (unpaired) electrons. The van der Waals surface area contributed by atoms with Crippen LogP contribution in [0.3, 0.4) is 0 Å². The predicted octanol–water partition coefficient (Wildman–Crippen LogP) is 2.70. The van der Waals surface area contributed by atoms with Gasteiger partial charge in [-0.05, 0) is 39.8 Å². The third-order valence-corrected chi connectivity index (χ3v) is 4.19. The van der Waals surface area contributed by atoms with Gasteiger partial charge in [-0.2, -0.15) is 0 Å². The van der Waals surface area contributed by atoms with E-state index in [1.807, 2.05) is 17.9 Å². The molecule has 1 aliphatic heterocycles. The summed E-state index contributed by atoms with van der Waals surface area (Å²) in [6, 6.07) is 10.4. The molecule has 0 spiro atoms. The van der Waals surface area contributed by atoms with E-state index >= 15 is 0 Å². The van der Waals surface area contributed by atoms with Gasteiger partial charge in [0.15, 0.2) is 5.96 Å². The van der Waals surface area contributed by atoms with Crippen LogP contribution in [0.1, 0.15) is 34.1 Å². The van der Waals surface area contributed by atoms with E-state index in [2.05, 4.69) is 65.6 Å². The summed E-state index contributed by atoms with van der Waals surface area (Å²) in [5, 5.41) is 6.57. The maximum atomic E-state index is 12.5. The Balaban J connectivity index is 0.00000364. The van der Waals surface area contributed by atoms with Crippen molar-refractivity contribution in [1.82, 2.24) is 15.5 Å². The van der Waals surface area contributed by atoms with Crippen molar-refractivity contribution < 1.29 is 4.79 Å². The molecule has 1 fully saturated rings. The smallest absolute Gasteiger partial charge is 0.224 e. The first kappa shape index (κ1) is 23.5. The van der Waals surface area contributed by atoms with Crippen molar-refractivity contribution >= 4 is 41.5 Å². The molecule has 1 heterocycles. The number of nitrogens with one attached hydrogen (secondary N) is 2. The normalized spacial score (nSPS) is 15.2. The summed E-state index contributed by atoms with van der Waals surface area (Å²) >= 11 is 0. The van der Waals surface area contributed by atoms with E-state index in [-0.39, 0.29) is 35.4 Å². The monoisotopic (exact) mass is 487 g/mol. The Morgan fingerprint density at radius 1 is 1.11 bits per heavy atom. The van der Waals surface area contributed by atoms with Crippen molar-refractivity contribution in [2.75, 3.05) is 44.2 Å². The molecule has 0 saturated carbocycles. The van der Waals surface area contributed by atoms with Crippen LogP contribution in [0.4, 0.5) is 5.69 Å². The van der Waals surface area contributed by atoms with E-state index in [0.717, 1.165) is 38.7 Å². The lowest BCUT2D eigenvalue weighted by Crippen LogP contribution is -2.49. The number of anilines is 1. The van der Waals surface area contributed by atoms with E-state index in [1.54, 1.807) is 0 Å². The fraction of sp³-hybridized carbons (Fsp3) is 0.600. The Labute approximate surface area is 180 Å². The zero-order valence-corrected chi connectivity index (χ0v) is 19.3. The molecule has 2 N–H and O–H groups in total. The minimum atomic E-state index is -0.0568. The average molecular weight is 487 g/mol. The van der Waals surface area contributed by atoms with E-state index in [0.29, 0.717) is 13.0 Å². The summed E-state index contributed by atoms with van der Waals surface area (Å²) in [5.41, 5.74) is 1.17. The van der Waals surface area contributed by atoms with Crippen molar-refractivity contribution in [1.29, 1.82) is 0 Å². The molecule has 1 aromatic carbocycles. The van der Waals surface area contributed by atoms with Crippen LogP contribution < -0.4 is 15.5 Å². The average Bonchev–Trinajstić information content (AvgIpc) is 2.61. The van der Waals surface area contributed by atoms with Crippen molar-refractivity contribution in [2.24, 2.45) is 4.99 Å². The van der Waals surface area contributed by atoms with Gasteiger partial charge in [-0.3, -0.25) is 9.79 Å². The number of guanidine groups is 1. The number of para-hydroxylation sites is 1. The maximum absolute atomic E-state index is 12.5. The number of benzene rings is 1. The second-order valence-electron chi connectivity index (χ2n) is 7.59. The lowest BCUT2D eigenvalue weighted by Gasteiger charge is -2.36. The summed E-state index contributed by atoms with van der Waals surface area (Å²) in [6.07, 6.45) is 0.450. The second kappa shape index (κ2) is 11.4. The number of rotatable bonds is 5. The number of aliphatic imine (C=N–C) groups is 1. The van der Waals surface area contributed by atoms with Crippen LogP contribution in [0.25, 0.3) is 0 Å². The first-order valence-electron chi connectivity index (χ1n) is 9.53. The number of carbonyl (C=O) groups excluding carboxylic acids is 1. The number of carbonyl (C=O) groups is 1. The van der Waals surface area contributed by atoms with Crippen LogP contribution in [-0.4, -0.2) is 61.6 Å². The van der Waals surface area contributed by atoms with Gasteiger partial charge in [-0.25, -0.2) is 0 Å². The molecule has 6 nitrogen and oxygen atoms in total. The third kappa shape index (κ3) is 8.36. The molecule has 0 aromatic heterocycles. The van der Waals surface area contributed by atoms with E-state index < -0.39 is 0 Å². The van der Waals surface area contributed by atoms with Gasteiger partial charge < -0.3 is 20.4 Å². The van der Waals surface area contributed by atoms with Gasteiger partial charge in [0, 0.05) is 50.4 Å². The molecular weight excluding hydrogens is 453 g/mol. The van der Waals surface area contributed by atoms with E-state index in [1.165, 1.54) is 5.69 Å². The molecule has 1 aliphatic rings. The first-order valence-corrected chi connectivity index (χ1v) is 9.53. The Kier molecular flexibility index (Phi) is 9.90. The van der Waals surface area contributed by atoms with Gasteiger partial charge in [0.25, 0.3) is 0 Å². The third-order valence-electron chi connectivity index (χ3n) is 4.19. The number of halogens is 1. The largest absolute Gasteiger partial charge is 0.368 e. The zero-order chi connectivity index (χ0) is 19.0. The summed E-state index contributed by atoms with van der Waals surface area (Å²) in [4.78, 5) is 21.3. The van der Waals surface area contributed by atoms with Gasteiger partial charge >= 0.3 is 0 Å². The molecular formula is C20H34IN5O. The molecule has 0 bridgehead atoms. The Hall–Kier alpha value is -1.51. The van der Waals surface area contributed by atoms with Crippen LogP contribution >= 0.6 is 24.0 Å². The van der Waals surface area contributed by atoms with Crippen molar-refractivity contribution in [2.45, 2.75) is 39.7 Å². The quantitative estimate of drug-likeness (QED) is 0.381. The van der Waals surface area contributed by atoms with Gasteiger partial charge in [-0.1, -0.05) is 18.2 Å². The summed E-state index contributed by atoms with van der Waals surface area (Å²) in [5.74, 6) is 0.953. The lowest BCUT2D eigenvalue weighted by molar-refractivity contribution is -0.131. The number of amides is 1. The van der Waals surface area contributed by atoms with Gasteiger partial charge in [-0.15, -0.1) is 24.0 Å². The summed E-state index contributed by atoms with van der Waals surface area (Å²) < 4.78 is 0. The molecule has 27 heavy (non-hydrogen) atoms. The minimum absolute atomic E-state index is 0. The van der Waals surface area contributed by atoms with Crippen LogP contribution in [-0.2, 0) is 4.79 Å².